The normalized spacial score (nSPS) is 11.6. The van der Waals surface area contributed by atoms with E-state index in [0.717, 1.165) is 12.1 Å². The van der Waals surface area contributed by atoms with Crippen LogP contribution in [0.3, 0.4) is 0 Å². The number of carbonyl (C=O) groups is 3. The maximum Gasteiger partial charge on any atom is 0.337 e. The van der Waals surface area contributed by atoms with Gasteiger partial charge in [0.1, 0.15) is 17.1 Å². The van der Waals surface area contributed by atoms with Gasteiger partial charge in [0.2, 0.25) is 5.91 Å². The number of carboxylic acid groups (broad SMARTS) is 2. The van der Waals surface area contributed by atoms with Crippen molar-refractivity contribution in [3.63, 3.8) is 0 Å². The van der Waals surface area contributed by atoms with E-state index in [1.165, 1.54) is 49.4 Å². The minimum absolute atomic E-state index is 0.0129. The maximum absolute atomic E-state index is 12.1. The summed E-state index contributed by atoms with van der Waals surface area (Å²) in [5.41, 5.74) is 5.67. The van der Waals surface area contributed by atoms with Crippen LogP contribution in [0.25, 0.3) is 21.9 Å². The fourth-order valence-corrected chi connectivity index (χ4v) is 5.18. The lowest BCUT2D eigenvalue weighted by Crippen LogP contribution is -2.10. The predicted octanol–water partition coefficient (Wildman–Crippen LogP) is 5.24. The number of carbonyl (C=O) groups excluding carboxylic acids is 1. The van der Waals surface area contributed by atoms with Gasteiger partial charge in [0.05, 0.1) is 44.3 Å². The molecular weight excluding hydrogens is 624 g/mol. The molecule has 0 aliphatic heterocycles. The molecule has 4 aromatic rings. The zero-order valence-electron chi connectivity index (χ0n) is 22.1. The van der Waals surface area contributed by atoms with E-state index in [2.05, 4.69) is 24.9 Å². The number of rotatable bonds is 10. The number of nitrogens with two attached hydrogens (primary N) is 1. The van der Waals surface area contributed by atoms with Crippen molar-refractivity contribution in [2.24, 2.45) is 10.2 Å². The molecule has 8 N–H and O–H groups in total. The minimum Gasteiger partial charge on any atom is -0.507 e. The molecule has 0 atom stereocenters. The number of fused-ring (bicyclic) bond motifs is 1. The Morgan fingerprint density at radius 2 is 1.57 bits per heavy atom. The molecule has 0 radical (unpaired) electrons. The van der Waals surface area contributed by atoms with Crippen molar-refractivity contribution in [1.29, 1.82) is 0 Å². The summed E-state index contributed by atoms with van der Waals surface area (Å²) in [5.74, 6) is -3.86. The standard InChI is InChI=1S/C26H20N4O12S2/c1-11(31)28-18-4-2-12(7-16(18)25(33)34)13-3-5-19(17(8-13)26(35)36)29-30-24-21(43-42-41-37)9-14-6-15(44(38,39)40)10-20(32)22(14)23(24)27/h2-10,32,37H,27H2,1H3,(H,28,31)(H,33,34)(H,35,36)(H,38,39,40). The summed E-state index contributed by atoms with van der Waals surface area (Å²) >= 11 is 0.359. The van der Waals surface area contributed by atoms with Gasteiger partial charge in [-0.1, -0.05) is 17.2 Å². The molecule has 1 amide bonds. The molecule has 228 valence electrons. The number of phenolic OH excluding ortho intramolecular Hbond substituents is 1. The smallest absolute Gasteiger partial charge is 0.337 e. The lowest BCUT2D eigenvalue weighted by Gasteiger charge is -2.12. The summed E-state index contributed by atoms with van der Waals surface area (Å²) in [7, 11) is -4.71. The third-order valence-electron chi connectivity index (χ3n) is 6.00. The van der Waals surface area contributed by atoms with E-state index in [9.17, 15) is 42.7 Å². The highest BCUT2D eigenvalue weighted by atomic mass is 32.2. The lowest BCUT2D eigenvalue weighted by atomic mass is 9.99. The van der Waals surface area contributed by atoms with E-state index in [4.69, 9.17) is 11.0 Å². The van der Waals surface area contributed by atoms with E-state index < -0.39 is 38.6 Å². The van der Waals surface area contributed by atoms with Crippen LogP contribution < -0.4 is 11.1 Å². The molecule has 0 aromatic heterocycles. The Hall–Kier alpha value is -5.11. The van der Waals surface area contributed by atoms with E-state index in [1.807, 2.05) is 0 Å². The lowest BCUT2D eigenvalue weighted by molar-refractivity contribution is -0.432. The fraction of sp³-hybridized carbons (Fsp3) is 0.0385. The largest absolute Gasteiger partial charge is 0.507 e. The number of nitrogen functional groups attached to an aromatic ring is 1. The van der Waals surface area contributed by atoms with Gasteiger partial charge in [0.25, 0.3) is 10.1 Å². The van der Waals surface area contributed by atoms with Crippen molar-refractivity contribution >= 4 is 73.5 Å². The number of aromatic carboxylic acids is 2. The third-order valence-corrected chi connectivity index (χ3v) is 7.45. The molecule has 0 fully saturated rings. The average Bonchev–Trinajstić information content (AvgIpc) is 2.94. The Kier molecular flexibility index (Phi) is 9.13. The molecule has 0 saturated heterocycles. The van der Waals surface area contributed by atoms with E-state index in [0.29, 0.717) is 23.2 Å². The van der Waals surface area contributed by atoms with Gasteiger partial charge in [-0.2, -0.15) is 8.42 Å². The molecule has 0 unspecified atom stereocenters. The molecule has 4 rings (SSSR count). The molecule has 16 nitrogen and oxygen atoms in total. The van der Waals surface area contributed by atoms with E-state index >= 15 is 0 Å². The topological polar surface area (TPSA) is 268 Å². The van der Waals surface area contributed by atoms with Gasteiger partial charge in [-0.3, -0.25) is 9.35 Å². The molecule has 0 heterocycles. The van der Waals surface area contributed by atoms with Gasteiger partial charge in [-0.25, -0.2) is 14.8 Å². The van der Waals surface area contributed by atoms with Crippen molar-refractivity contribution in [2.75, 3.05) is 11.1 Å². The number of anilines is 2. The molecule has 0 spiro atoms. The third kappa shape index (κ3) is 6.75. The zero-order valence-corrected chi connectivity index (χ0v) is 23.7. The number of benzene rings is 4. The second kappa shape index (κ2) is 12.6. The molecule has 0 bridgehead atoms. The summed E-state index contributed by atoms with van der Waals surface area (Å²) < 4.78 is 37.1. The van der Waals surface area contributed by atoms with Crippen LogP contribution in [-0.4, -0.2) is 51.4 Å². The van der Waals surface area contributed by atoms with Crippen molar-refractivity contribution in [3.05, 3.63) is 65.7 Å². The Morgan fingerprint density at radius 3 is 2.16 bits per heavy atom. The van der Waals surface area contributed by atoms with E-state index in [1.54, 1.807) is 0 Å². The van der Waals surface area contributed by atoms with Crippen LogP contribution in [0, 0.1) is 0 Å². The number of amides is 1. The van der Waals surface area contributed by atoms with Crippen molar-refractivity contribution in [3.8, 4) is 16.9 Å². The first-order valence-electron chi connectivity index (χ1n) is 11.9. The van der Waals surface area contributed by atoms with Crippen molar-refractivity contribution in [1.82, 2.24) is 0 Å². The molecule has 0 saturated carbocycles. The van der Waals surface area contributed by atoms with Crippen LogP contribution in [0.5, 0.6) is 5.75 Å². The van der Waals surface area contributed by atoms with Crippen LogP contribution in [-0.2, 0) is 24.3 Å². The Balaban J connectivity index is 1.82. The molecular formula is C26H20N4O12S2. The molecule has 18 heteroatoms. The second-order valence-corrected chi connectivity index (χ2v) is 11.0. The maximum atomic E-state index is 12.1. The monoisotopic (exact) mass is 644 g/mol. The summed E-state index contributed by atoms with van der Waals surface area (Å²) in [6.45, 7) is 1.22. The van der Waals surface area contributed by atoms with Crippen molar-refractivity contribution in [2.45, 2.75) is 16.7 Å². The molecule has 44 heavy (non-hydrogen) atoms. The summed E-state index contributed by atoms with van der Waals surface area (Å²) in [5, 5.41) is 52.5. The highest BCUT2D eigenvalue weighted by molar-refractivity contribution is 7.94. The first-order valence-corrected chi connectivity index (χ1v) is 14.0. The second-order valence-electron chi connectivity index (χ2n) is 8.86. The fourth-order valence-electron chi connectivity index (χ4n) is 4.13. The first-order chi connectivity index (χ1) is 20.7. The average molecular weight is 645 g/mol. The Bertz CT molecular complexity index is 1980. The van der Waals surface area contributed by atoms with Crippen LogP contribution in [0.4, 0.5) is 22.7 Å². The zero-order chi connectivity index (χ0) is 32.3. The van der Waals surface area contributed by atoms with Crippen LogP contribution in [0.2, 0.25) is 0 Å². The number of phenols is 1. The highest BCUT2D eigenvalue weighted by Gasteiger charge is 2.21. The van der Waals surface area contributed by atoms with Gasteiger partial charge in [0, 0.05) is 18.4 Å². The minimum atomic E-state index is -4.71. The quantitative estimate of drug-likeness (QED) is 0.0291. The van der Waals surface area contributed by atoms with Crippen LogP contribution in [0.15, 0.2) is 74.6 Å². The SMILES string of the molecule is CC(=O)Nc1ccc(-c2ccc(N=Nc3c(SOOO)cc4cc(S(=O)(=O)O)cc(O)c4c3N)c(C(=O)O)c2)cc1C(=O)O. The van der Waals surface area contributed by atoms with Gasteiger partial charge < -0.3 is 26.4 Å². The van der Waals surface area contributed by atoms with Crippen LogP contribution >= 0.6 is 12.0 Å². The van der Waals surface area contributed by atoms with Gasteiger partial charge in [-0.05, 0) is 52.9 Å². The molecule has 0 aliphatic rings. The molecule has 4 aromatic carbocycles. The summed E-state index contributed by atoms with van der Waals surface area (Å²) in [6, 6.07) is 11.1. The van der Waals surface area contributed by atoms with Gasteiger partial charge >= 0.3 is 11.9 Å². The summed E-state index contributed by atoms with van der Waals surface area (Å²) in [4.78, 5) is 34.6. The Morgan fingerprint density at radius 1 is 0.932 bits per heavy atom. The number of hydrogen-bond donors (Lipinski definition) is 7. The summed E-state index contributed by atoms with van der Waals surface area (Å²) in [6.07, 6.45) is 0. The number of hydrogen-bond acceptors (Lipinski definition) is 13. The number of carboxylic acids is 2. The predicted molar refractivity (Wildman–Crippen MR) is 155 cm³/mol. The molecule has 0 aliphatic carbocycles. The number of azo groups is 1. The van der Waals surface area contributed by atoms with E-state index in [-0.39, 0.29) is 49.5 Å². The van der Waals surface area contributed by atoms with Gasteiger partial charge in [-0.15, -0.1) is 14.6 Å². The van der Waals surface area contributed by atoms with Crippen molar-refractivity contribution < 1.29 is 57.3 Å². The Labute approximate surface area is 251 Å². The number of nitrogens with zero attached hydrogens (tertiary/aromatic N) is 2. The first kappa shape index (κ1) is 31.8. The van der Waals surface area contributed by atoms with Crippen LogP contribution in [0.1, 0.15) is 27.6 Å². The highest BCUT2D eigenvalue weighted by Crippen LogP contribution is 2.45. The number of aromatic hydroxyl groups is 1. The van der Waals surface area contributed by atoms with Gasteiger partial charge in [0.15, 0.2) is 0 Å². The number of nitrogens with one attached hydrogen (secondary N) is 1.